The second kappa shape index (κ2) is 11.5. The zero-order valence-corrected chi connectivity index (χ0v) is 20.1. The predicted molar refractivity (Wildman–Crippen MR) is 129 cm³/mol. The molecule has 1 saturated carbocycles. The smallest absolute Gasteiger partial charge is 0.338 e. The number of benzene rings is 1. The standard InChI is InChI=1S/C26H33N3O6/c1-19-7-8-20(16-21(19)28-24(31)22-6-5-13-34-22)25(32)35-17-23(30)27-18-26(9-3-2-4-10-26)29-11-14-33-15-12-29/h5-8,13,16H,2-4,9-12,14-15,17-18H2,1H3,(H,27,30)(H,28,31). The van der Waals surface area contributed by atoms with Crippen LogP contribution in [-0.4, -0.2) is 67.7 Å². The van der Waals surface area contributed by atoms with Crippen molar-refractivity contribution in [3.05, 3.63) is 53.5 Å². The van der Waals surface area contributed by atoms with Gasteiger partial charge in [-0.15, -0.1) is 0 Å². The predicted octanol–water partition coefficient (Wildman–Crippen LogP) is 3.15. The third-order valence-corrected chi connectivity index (χ3v) is 6.88. The minimum atomic E-state index is -0.630. The average molecular weight is 484 g/mol. The van der Waals surface area contributed by atoms with E-state index in [-0.39, 0.29) is 29.4 Å². The normalized spacial score (nSPS) is 18.0. The molecule has 2 amide bonds. The minimum absolute atomic E-state index is 0.0558. The molecule has 2 aliphatic rings. The number of rotatable bonds is 8. The van der Waals surface area contributed by atoms with Crippen LogP contribution in [0.25, 0.3) is 0 Å². The summed E-state index contributed by atoms with van der Waals surface area (Å²) in [5, 5.41) is 5.72. The Kier molecular flexibility index (Phi) is 8.20. The minimum Gasteiger partial charge on any atom is -0.459 e. The highest BCUT2D eigenvalue weighted by Gasteiger charge is 2.38. The number of nitrogens with zero attached hydrogens (tertiary/aromatic N) is 1. The third-order valence-electron chi connectivity index (χ3n) is 6.88. The Hall–Kier alpha value is -3.17. The van der Waals surface area contributed by atoms with Gasteiger partial charge in [0, 0.05) is 30.9 Å². The Balaban J connectivity index is 1.30. The third kappa shape index (κ3) is 6.29. The van der Waals surface area contributed by atoms with Gasteiger partial charge in [-0.05, 0) is 49.6 Å². The van der Waals surface area contributed by atoms with Crippen LogP contribution in [0.2, 0.25) is 0 Å². The van der Waals surface area contributed by atoms with Crippen molar-refractivity contribution in [2.75, 3.05) is 44.8 Å². The fraction of sp³-hybridized carbons (Fsp3) is 0.500. The van der Waals surface area contributed by atoms with E-state index in [2.05, 4.69) is 15.5 Å². The number of anilines is 1. The van der Waals surface area contributed by atoms with Crippen LogP contribution < -0.4 is 10.6 Å². The number of furan rings is 1. The first-order valence-electron chi connectivity index (χ1n) is 12.2. The number of ether oxygens (including phenoxy) is 2. The molecule has 0 bridgehead atoms. The summed E-state index contributed by atoms with van der Waals surface area (Å²) in [6, 6.07) is 8.03. The van der Waals surface area contributed by atoms with Gasteiger partial charge >= 0.3 is 5.97 Å². The van der Waals surface area contributed by atoms with E-state index in [0.717, 1.165) is 44.3 Å². The highest BCUT2D eigenvalue weighted by atomic mass is 16.5. The molecule has 0 unspecified atom stereocenters. The van der Waals surface area contributed by atoms with Crippen LogP contribution in [-0.2, 0) is 14.3 Å². The van der Waals surface area contributed by atoms with Gasteiger partial charge in [0.25, 0.3) is 11.8 Å². The number of aryl methyl sites for hydroxylation is 1. The van der Waals surface area contributed by atoms with Crippen LogP contribution in [0.5, 0.6) is 0 Å². The monoisotopic (exact) mass is 483 g/mol. The molecule has 2 N–H and O–H groups in total. The molecule has 2 fully saturated rings. The maximum absolute atomic E-state index is 12.6. The Morgan fingerprint density at radius 3 is 2.57 bits per heavy atom. The number of morpholine rings is 1. The molecule has 188 valence electrons. The quantitative estimate of drug-likeness (QED) is 0.555. The molecule has 1 saturated heterocycles. The largest absolute Gasteiger partial charge is 0.459 e. The highest BCUT2D eigenvalue weighted by molar-refractivity contribution is 6.03. The molecular weight excluding hydrogens is 450 g/mol. The Morgan fingerprint density at radius 1 is 1.09 bits per heavy atom. The number of nitrogens with one attached hydrogen (secondary N) is 2. The van der Waals surface area contributed by atoms with Gasteiger partial charge in [0.05, 0.1) is 25.0 Å². The second-order valence-electron chi connectivity index (χ2n) is 9.20. The van der Waals surface area contributed by atoms with E-state index in [1.807, 2.05) is 6.92 Å². The number of hydrogen-bond donors (Lipinski definition) is 2. The van der Waals surface area contributed by atoms with Crippen LogP contribution in [0.15, 0.2) is 41.0 Å². The van der Waals surface area contributed by atoms with E-state index in [1.54, 1.807) is 24.3 Å². The maximum atomic E-state index is 12.6. The van der Waals surface area contributed by atoms with E-state index in [4.69, 9.17) is 13.9 Å². The summed E-state index contributed by atoms with van der Waals surface area (Å²) in [6.07, 6.45) is 7.02. The lowest BCUT2D eigenvalue weighted by molar-refractivity contribution is -0.125. The highest BCUT2D eigenvalue weighted by Crippen LogP contribution is 2.33. The molecule has 4 rings (SSSR count). The van der Waals surface area contributed by atoms with E-state index in [1.165, 1.54) is 18.8 Å². The summed E-state index contributed by atoms with van der Waals surface area (Å²) in [7, 11) is 0. The van der Waals surface area contributed by atoms with Crippen LogP contribution in [0.4, 0.5) is 5.69 Å². The van der Waals surface area contributed by atoms with Crippen molar-refractivity contribution in [1.82, 2.24) is 10.2 Å². The molecule has 9 nitrogen and oxygen atoms in total. The Labute approximate surface area is 205 Å². The maximum Gasteiger partial charge on any atom is 0.338 e. The van der Waals surface area contributed by atoms with E-state index >= 15 is 0 Å². The van der Waals surface area contributed by atoms with Crippen molar-refractivity contribution in [2.24, 2.45) is 0 Å². The fourth-order valence-corrected chi connectivity index (χ4v) is 4.86. The summed E-state index contributed by atoms with van der Waals surface area (Å²) < 4.78 is 15.9. The topological polar surface area (TPSA) is 110 Å². The average Bonchev–Trinajstić information content (AvgIpc) is 3.44. The second-order valence-corrected chi connectivity index (χ2v) is 9.20. The lowest BCUT2D eigenvalue weighted by Gasteiger charge is -2.48. The number of esters is 1. The SMILES string of the molecule is Cc1ccc(C(=O)OCC(=O)NCC2(N3CCOCC3)CCCCC2)cc1NC(=O)c1ccco1. The van der Waals surface area contributed by atoms with E-state index in [9.17, 15) is 14.4 Å². The van der Waals surface area contributed by atoms with Crippen molar-refractivity contribution in [3.63, 3.8) is 0 Å². The molecular formula is C26H33N3O6. The zero-order chi connectivity index (χ0) is 24.7. The van der Waals surface area contributed by atoms with Crippen LogP contribution in [0.3, 0.4) is 0 Å². The molecule has 2 aromatic rings. The lowest BCUT2D eigenvalue weighted by Crippen LogP contribution is -2.59. The van der Waals surface area contributed by atoms with Gasteiger partial charge in [-0.1, -0.05) is 25.3 Å². The van der Waals surface area contributed by atoms with Gasteiger partial charge in [0.2, 0.25) is 0 Å². The Bertz CT molecular complexity index is 1020. The van der Waals surface area contributed by atoms with Crippen molar-refractivity contribution in [3.8, 4) is 0 Å². The van der Waals surface area contributed by atoms with E-state index < -0.39 is 11.9 Å². The Morgan fingerprint density at radius 2 is 1.86 bits per heavy atom. The molecule has 1 aromatic carbocycles. The number of hydrogen-bond acceptors (Lipinski definition) is 7. The van der Waals surface area contributed by atoms with Crippen molar-refractivity contribution in [2.45, 2.75) is 44.6 Å². The van der Waals surface area contributed by atoms with E-state index in [0.29, 0.717) is 25.4 Å². The first-order chi connectivity index (χ1) is 17.0. The fourth-order valence-electron chi connectivity index (χ4n) is 4.86. The lowest BCUT2D eigenvalue weighted by atomic mass is 9.79. The van der Waals surface area contributed by atoms with Gasteiger partial charge in [0.15, 0.2) is 12.4 Å². The van der Waals surface area contributed by atoms with Crippen LogP contribution >= 0.6 is 0 Å². The molecule has 0 radical (unpaired) electrons. The summed E-state index contributed by atoms with van der Waals surface area (Å²) in [4.78, 5) is 39.9. The molecule has 1 aromatic heterocycles. The molecule has 2 heterocycles. The zero-order valence-electron chi connectivity index (χ0n) is 20.1. The molecule has 35 heavy (non-hydrogen) atoms. The van der Waals surface area contributed by atoms with Crippen LogP contribution in [0, 0.1) is 6.92 Å². The first kappa shape index (κ1) is 24.9. The first-order valence-corrected chi connectivity index (χ1v) is 12.2. The number of carbonyl (C=O) groups excluding carboxylic acids is 3. The summed E-state index contributed by atoms with van der Waals surface area (Å²) in [5.41, 5.74) is 1.44. The molecule has 1 aliphatic carbocycles. The molecule has 1 aliphatic heterocycles. The molecule has 0 atom stereocenters. The van der Waals surface area contributed by atoms with Crippen molar-refractivity contribution >= 4 is 23.5 Å². The molecule has 9 heteroatoms. The van der Waals surface area contributed by atoms with Crippen molar-refractivity contribution in [1.29, 1.82) is 0 Å². The summed E-state index contributed by atoms with van der Waals surface area (Å²) in [5.74, 6) is -1.20. The summed E-state index contributed by atoms with van der Waals surface area (Å²) >= 11 is 0. The number of carbonyl (C=O) groups is 3. The van der Waals surface area contributed by atoms with Crippen LogP contribution in [0.1, 0.15) is 58.6 Å². The van der Waals surface area contributed by atoms with Crippen molar-refractivity contribution < 1.29 is 28.3 Å². The van der Waals surface area contributed by atoms with Gasteiger partial charge in [-0.3, -0.25) is 14.5 Å². The van der Waals surface area contributed by atoms with Gasteiger partial charge in [-0.25, -0.2) is 4.79 Å². The van der Waals surface area contributed by atoms with Gasteiger partial charge < -0.3 is 24.5 Å². The van der Waals surface area contributed by atoms with Gasteiger partial charge in [0.1, 0.15) is 0 Å². The summed E-state index contributed by atoms with van der Waals surface area (Å²) in [6.45, 7) is 5.17. The number of amides is 2. The van der Waals surface area contributed by atoms with Gasteiger partial charge in [-0.2, -0.15) is 0 Å². The molecule has 0 spiro atoms.